The molecule has 0 radical (unpaired) electrons. The van der Waals surface area contributed by atoms with Crippen LogP contribution in [0.3, 0.4) is 0 Å². The van der Waals surface area contributed by atoms with E-state index in [-0.39, 0.29) is 42.5 Å². The number of nitrogens with one attached hydrogen (secondary N) is 2. The van der Waals surface area contributed by atoms with Gasteiger partial charge in [-0.2, -0.15) is 0 Å². The summed E-state index contributed by atoms with van der Waals surface area (Å²) in [5.74, 6) is 1.05. The Morgan fingerprint density at radius 1 is 1.35 bits per heavy atom. The first-order chi connectivity index (χ1) is 12.1. The number of methoxy groups -OCH3 is 1. The summed E-state index contributed by atoms with van der Waals surface area (Å²) in [7, 11) is 1.65. The van der Waals surface area contributed by atoms with Crippen molar-refractivity contribution in [3.05, 3.63) is 29.8 Å². The summed E-state index contributed by atoms with van der Waals surface area (Å²) in [4.78, 5) is 15.9. The second kappa shape index (κ2) is 11.9. The van der Waals surface area contributed by atoms with Crippen molar-refractivity contribution in [3.8, 4) is 5.75 Å². The average Bonchev–Trinajstić information content (AvgIpc) is 3.38. The molecule has 8 heteroatoms. The van der Waals surface area contributed by atoms with E-state index in [0.717, 1.165) is 24.8 Å². The summed E-state index contributed by atoms with van der Waals surface area (Å²) < 4.78 is 10.5. The molecule has 1 fully saturated rings. The Morgan fingerprint density at radius 3 is 2.65 bits per heavy atom. The fraction of sp³-hybridized carbons (Fsp3) is 0.556. The molecule has 1 amide bonds. The van der Waals surface area contributed by atoms with Crippen molar-refractivity contribution in [1.82, 2.24) is 10.6 Å². The first-order valence-corrected chi connectivity index (χ1v) is 8.63. The monoisotopic (exact) mass is 476 g/mol. The van der Waals surface area contributed by atoms with Gasteiger partial charge in [-0.3, -0.25) is 9.79 Å². The molecular formula is C18H29IN4O3. The fourth-order valence-electron chi connectivity index (χ4n) is 2.29. The zero-order chi connectivity index (χ0) is 18.1. The van der Waals surface area contributed by atoms with Crippen LogP contribution in [0.2, 0.25) is 0 Å². The summed E-state index contributed by atoms with van der Waals surface area (Å²) in [5.41, 5.74) is 6.96. The van der Waals surface area contributed by atoms with Crippen LogP contribution in [0.25, 0.3) is 0 Å². The highest BCUT2D eigenvalue weighted by Gasteiger charge is 2.23. The lowest BCUT2D eigenvalue weighted by Crippen LogP contribution is -2.40. The molecule has 146 valence electrons. The quantitative estimate of drug-likeness (QED) is 0.270. The molecule has 0 heterocycles. The molecule has 1 aliphatic rings. The van der Waals surface area contributed by atoms with Crippen molar-refractivity contribution in [2.75, 3.05) is 26.9 Å². The second-order valence-corrected chi connectivity index (χ2v) is 6.29. The van der Waals surface area contributed by atoms with Gasteiger partial charge in [-0.25, -0.2) is 0 Å². The lowest BCUT2D eigenvalue weighted by molar-refractivity contribution is -0.123. The molecule has 2 rings (SSSR count). The van der Waals surface area contributed by atoms with Crippen LogP contribution in [0.1, 0.15) is 25.3 Å². The number of hydrogen-bond donors (Lipinski definition) is 3. The number of aliphatic imine (C=N–C) groups is 1. The van der Waals surface area contributed by atoms with E-state index in [1.807, 2.05) is 31.2 Å². The van der Waals surface area contributed by atoms with Gasteiger partial charge in [0.15, 0.2) is 12.6 Å². The van der Waals surface area contributed by atoms with E-state index >= 15 is 0 Å². The summed E-state index contributed by atoms with van der Waals surface area (Å²) in [6, 6.07) is 8.17. The number of hydrogen-bond acceptors (Lipinski definition) is 4. The highest BCUT2D eigenvalue weighted by molar-refractivity contribution is 14.0. The minimum absolute atomic E-state index is 0. The number of nitrogens with two attached hydrogens (primary N) is 1. The van der Waals surface area contributed by atoms with Crippen LogP contribution >= 0.6 is 24.0 Å². The predicted octanol–water partition coefficient (Wildman–Crippen LogP) is 1.44. The van der Waals surface area contributed by atoms with Gasteiger partial charge >= 0.3 is 0 Å². The Bertz CT molecular complexity index is 576. The molecule has 1 unspecified atom stereocenters. The minimum atomic E-state index is -0.0633. The molecule has 0 aromatic heterocycles. The summed E-state index contributed by atoms with van der Waals surface area (Å²) in [5, 5.41) is 5.96. The van der Waals surface area contributed by atoms with Gasteiger partial charge in [0.1, 0.15) is 5.75 Å². The van der Waals surface area contributed by atoms with E-state index in [2.05, 4.69) is 15.6 Å². The summed E-state index contributed by atoms with van der Waals surface area (Å²) in [6.07, 6.45) is 2.94. The van der Waals surface area contributed by atoms with Gasteiger partial charge in [0.25, 0.3) is 5.91 Å². The van der Waals surface area contributed by atoms with E-state index in [9.17, 15) is 4.79 Å². The Labute approximate surface area is 172 Å². The van der Waals surface area contributed by atoms with Crippen molar-refractivity contribution >= 4 is 35.8 Å². The predicted molar refractivity (Wildman–Crippen MR) is 113 cm³/mol. The standard InChI is InChI=1S/C18H28N4O3.HI/c1-13(11-24-2)21-18(19)20-10-9-14-3-7-16(8-4-14)25-12-17(23)22-15-5-6-15;/h3-4,7-8,13,15H,5-6,9-12H2,1-2H3,(H,22,23)(H3,19,20,21);1H. The number of rotatable bonds is 10. The first-order valence-electron chi connectivity index (χ1n) is 8.63. The molecule has 26 heavy (non-hydrogen) atoms. The average molecular weight is 476 g/mol. The van der Waals surface area contributed by atoms with Crippen molar-refractivity contribution in [2.24, 2.45) is 10.7 Å². The Morgan fingerprint density at radius 2 is 2.04 bits per heavy atom. The highest BCUT2D eigenvalue weighted by atomic mass is 127. The lowest BCUT2D eigenvalue weighted by Gasteiger charge is -2.13. The number of guanidine groups is 1. The van der Waals surface area contributed by atoms with Gasteiger partial charge in [-0.15, -0.1) is 24.0 Å². The Balaban J connectivity index is 0.00000338. The number of carbonyl (C=O) groups is 1. The zero-order valence-corrected chi connectivity index (χ0v) is 17.7. The minimum Gasteiger partial charge on any atom is -0.484 e. The number of ether oxygens (including phenoxy) is 2. The first kappa shape index (κ1) is 22.5. The Kier molecular flexibility index (Phi) is 10.3. The molecule has 1 atom stereocenters. The van der Waals surface area contributed by atoms with Gasteiger partial charge in [-0.1, -0.05) is 12.1 Å². The van der Waals surface area contributed by atoms with E-state index < -0.39 is 0 Å². The maximum Gasteiger partial charge on any atom is 0.258 e. The van der Waals surface area contributed by atoms with E-state index in [0.29, 0.717) is 30.9 Å². The Hall–Kier alpha value is -1.55. The van der Waals surface area contributed by atoms with Crippen LogP contribution in [-0.4, -0.2) is 50.8 Å². The second-order valence-electron chi connectivity index (χ2n) is 6.29. The molecule has 4 N–H and O–H groups in total. The summed E-state index contributed by atoms with van der Waals surface area (Å²) in [6.45, 7) is 3.22. The molecule has 1 aliphatic carbocycles. The third-order valence-corrected chi connectivity index (χ3v) is 3.73. The van der Waals surface area contributed by atoms with Crippen LogP contribution in [-0.2, 0) is 16.0 Å². The van der Waals surface area contributed by atoms with Crippen LogP contribution in [0, 0.1) is 0 Å². The molecule has 0 saturated heterocycles. The molecular weight excluding hydrogens is 447 g/mol. The zero-order valence-electron chi connectivity index (χ0n) is 15.4. The largest absolute Gasteiger partial charge is 0.484 e. The SMILES string of the molecule is COCC(C)NC(N)=NCCc1ccc(OCC(=O)NC2CC2)cc1.I. The van der Waals surface area contributed by atoms with Crippen LogP contribution in [0.5, 0.6) is 5.75 Å². The van der Waals surface area contributed by atoms with Crippen LogP contribution in [0.15, 0.2) is 29.3 Å². The van der Waals surface area contributed by atoms with E-state index in [1.165, 1.54) is 0 Å². The lowest BCUT2D eigenvalue weighted by atomic mass is 10.1. The van der Waals surface area contributed by atoms with E-state index in [4.69, 9.17) is 15.2 Å². The van der Waals surface area contributed by atoms with Gasteiger partial charge in [0, 0.05) is 25.7 Å². The topological polar surface area (TPSA) is 98.0 Å². The third-order valence-electron chi connectivity index (χ3n) is 3.73. The molecule has 1 aromatic rings. The number of amides is 1. The molecule has 1 saturated carbocycles. The number of carbonyl (C=O) groups excluding carboxylic acids is 1. The smallest absolute Gasteiger partial charge is 0.258 e. The van der Waals surface area contributed by atoms with Gasteiger partial charge in [-0.05, 0) is 43.9 Å². The normalized spacial score (nSPS) is 14.9. The van der Waals surface area contributed by atoms with Gasteiger partial charge in [0.05, 0.1) is 6.61 Å². The van der Waals surface area contributed by atoms with Gasteiger partial charge in [0.2, 0.25) is 0 Å². The number of nitrogens with zero attached hydrogens (tertiary/aromatic N) is 1. The fourth-order valence-corrected chi connectivity index (χ4v) is 2.29. The molecule has 0 aliphatic heterocycles. The molecule has 0 spiro atoms. The maximum absolute atomic E-state index is 11.6. The maximum atomic E-state index is 11.6. The van der Waals surface area contributed by atoms with Crippen LogP contribution < -0.4 is 21.1 Å². The molecule has 1 aromatic carbocycles. The van der Waals surface area contributed by atoms with Crippen molar-refractivity contribution < 1.29 is 14.3 Å². The number of benzene rings is 1. The van der Waals surface area contributed by atoms with Gasteiger partial charge < -0.3 is 25.8 Å². The van der Waals surface area contributed by atoms with E-state index in [1.54, 1.807) is 7.11 Å². The number of halogens is 1. The van der Waals surface area contributed by atoms with Crippen molar-refractivity contribution in [1.29, 1.82) is 0 Å². The van der Waals surface area contributed by atoms with Crippen LogP contribution in [0.4, 0.5) is 0 Å². The molecule has 0 bridgehead atoms. The van der Waals surface area contributed by atoms with Crippen molar-refractivity contribution in [3.63, 3.8) is 0 Å². The van der Waals surface area contributed by atoms with Crippen molar-refractivity contribution in [2.45, 2.75) is 38.3 Å². The molecule has 7 nitrogen and oxygen atoms in total. The third kappa shape index (κ3) is 9.23. The highest BCUT2D eigenvalue weighted by Crippen LogP contribution is 2.18. The summed E-state index contributed by atoms with van der Waals surface area (Å²) >= 11 is 0.